The summed E-state index contributed by atoms with van der Waals surface area (Å²) in [6, 6.07) is 44.0. The van der Waals surface area contributed by atoms with Crippen molar-refractivity contribution in [2.45, 2.75) is 38.5 Å². The number of piperidine rings is 2. The van der Waals surface area contributed by atoms with Gasteiger partial charge < -0.3 is 0 Å². The molecule has 4 aromatic carbocycles. The minimum atomic E-state index is -0.336. The molecule has 0 radical (unpaired) electrons. The molecule has 220 valence electrons. The number of benzene rings is 4. The van der Waals surface area contributed by atoms with E-state index in [4.69, 9.17) is 19.1 Å². The Kier molecular flexibility index (Phi) is 15.4. The minimum absolute atomic E-state index is 0.106. The number of rotatable bonds is 6. The Morgan fingerprint density at radius 1 is 0.390 bits per heavy atom. The summed E-state index contributed by atoms with van der Waals surface area (Å²) >= 11 is -0.106. The van der Waals surface area contributed by atoms with Crippen LogP contribution in [0.3, 0.4) is 0 Å². The fraction of sp³-hybridized carbons (Fsp3) is 0.294. The van der Waals surface area contributed by atoms with Crippen molar-refractivity contribution in [3.05, 3.63) is 121 Å². The Bertz CT molecular complexity index is 1030. The first-order chi connectivity index (χ1) is 20.3. The van der Waals surface area contributed by atoms with E-state index < -0.39 is 0 Å². The summed E-state index contributed by atoms with van der Waals surface area (Å²) in [4.78, 5) is 0. The van der Waals surface area contributed by atoms with Crippen molar-refractivity contribution >= 4 is 56.4 Å². The second kappa shape index (κ2) is 19.2. The van der Waals surface area contributed by atoms with Gasteiger partial charge in [-0.05, 0) is 46.9 Å². The average Bonchev–Trinajstić information content (AvgIpc) is 3.05. The fourth-order valence-corrected chi connectivity index (χ4v) is 10.5. The van der Waals surface area contributed by atoms with E-state index in [9.17, 15) is 0 Å². The van der Waals surface area contributed by atoms with Crippen molar-refractivity contribution in [1.29, 1.82) is 0 Å². The Balaban J connectivity index is 0.000000173. The van der Waals surface area contributed by atoms with Crippen LogP contribution in [0.15, 0.2) is 121 Å². The maximum absolute atomic E-state index is 4.81. The SMILES string of the molecule is [Cl][Pd][Cl].c1ccc(P(c2ccccc2)N2CCCCC2)cc1.c1ccc(P(c2ccccc2)N2CCCCC2)cc1. The fourth-order valence-electron chi connectivity index (χ4n) is 5.38. The second-order valence-electron chi connectivity index (χ2n) is 10.0. The van der Waals surface area contributed by atoms with Crippen LogP contribution in [0.2, 0.25) is 0 Å². The Hall–Kier alpha value is -1.10. The molecule has 2 saturated heterocycles. The molecule has 0 aromatic heterocycles. The van der Waals surface area contributed by atoms with Crippen molar-refractivity contribution in [3.8, 4) is 0 Å². The molecular formula is C34H40Cl2N2P2Pd. The van der Waals surface area contributed by atoms with E-state index in [1.807, 2.05) is 0 Å². The molecule has 7 heteroatoms. The second-order valence-corrected chi connectivity index (χ2v) is 16.8. The van der Waals surface area contributed by atoms with Gasteiger partial charge in [-0.15, -0.1) is 0 Å². The van der Waals surface area contributed by atoms with Gasteiger partial charge in [0.05, 0.1) is 0 Å². The number of nitrogens with zero attached hydrogens (tertiary/aromatic N) is 2. The van der Waals surface area contributed by atoms with Crippen LogP contribution < -0.4 is 21.2 Å². The van der Waals surface area contributed by atoms with Gasteiger partial charge in [0.15, 0.2) is 0 Å². The van der Waals surface area contributed by atoms with Gasteiger partial charge in [-0.3, -0.25) is 9.34 Å². The third kappa shape index (κ3) is 10.5. The van der Waals surface area contributed by atoms with E-state index in [0.717, 1.165) is 0 Å². The number of hydrogen-bond acceptors (Lipinski definition) is 2. The third-order valence-corrected chi connectivity index (χ3v) is 12.3. The van der Waals surface area contributed by atoms with Gasteiger partial charge >= 0.3 is 35.0 Å². The normalized spacial score (nSPS) is 16.0. The molecule has 4 aromatic rings. The van der Waals surface area contributed by atoms with Crippen molar-refractivity contribution < 1.29 is 15.9 Å². The third-order valence-electron chi connectivity index (χ3n) is 7.23. The first kappa shape index (κ1) is 32.8. The molecule has 0 bridgehead atoms. The van der Waals surface area contributed by atoms with Gasteiger partial charge in [-0.1, -0.05) is 134 Å². The predicted octanol–water partition coefficient (Wildman–Crippen LogP) is 8.42. The zero-order valence-electron chi connectivity index (χ0n) is 23.5. The first-order valence-electron chi connectivity index (χ1n) is 14.4. The molecule has 0 aliphatic carbocycles. The van der Waals surface area contributed by atoms with Gasteiger partial charge in [0.25, 0.3) is 0 Å². The Labute approximate surface area is 266 Å². The topological polar surface area (TPSA) is 6.48 Å². The molecule has 41 heavy (non-hydrogen) atoms. The van der Waals surface area contributed by atoms with E-state index in [2.05, 4.69) is 131 Å². The zero-order chi connectivity index (χ0) is 28.5. The number of halogens is 2. The van der Waals surface area contributed by atoms with Crippen LogP contribution in [0, 0.1) is 0 Å². The maximum atomic E-state index is 4.81. The van der Waals surface area contributed by atoms with E-state index in [1.54, 1.807) is 0 Å². The van der Waals surface area contributed by atoms with Crippen LogP contribution in [-0.4, -0.2) is 35.5 Å². The van der Waals surface area contributed by atoms with Crippen molar-refractivity contribution in [2.75, 3.05) is 26.2 Å². The summed E-state index contributed by atoms with van der Waals surface area (Å²) in [6.45, 7) is 4.98. The predicted molar refractivity (Wildman–Crippen MR) is 181 cm³/mol. The molecule has 6 rings (SSSR count). The summed E-state index contributed by atoms with van der Waals surface area (Å²) in [5.74, 6) is 0. The molecule has 2 heterocycles. The first-order valence-corrected chi connectivity index (χ1v) is 21.0. The van der Waals surface area contributed by atoms with Gasteiger partial charge in [-0.25, -0.2) is 0 Å². The van der Waals surface area contributed by atoms with E-state index >= 15 is 0 Å². The Morgan fingerprint density at radius 2 is 0.610 bits per heavy atom. The largest absolute Gasteiger partial charge is 0.275 e. The van der Waals surface area contributed by atoms with Crippen LogP contribution >= 0.6 is 35.2 Å². The molecular weight excluding hydrogens is 676 g/mol. The van der Waals surface area contributed by atoms with Crippen molar-refractivity contribution in [1.82, 2.24) is 9.34 Å². The summed E-state index contributed by atoms with van der Waals surface area (Å²) in [6.07, 6.45) is 8.17. The van der Waals surface area contributed by atoms with Gasteiger partial charge in [0.1, 0.15) is 0 Å². The molecule has 2 fully saturated rings. The molecule has 0 N–H and O–H groups in total. The molecule has 0 amide bonds. The van der Waals surface area contributed by atoms with Gasteiger partial charge in [0.2, 0.25) is 0 Å². The number of hydrogen-bond donors (Lipinski definition) is 0. The summed E-state index contributed by atoms with van der Waals surface area (Å²) in [7, 11) is 8.96. The Morgan fingerprint density at radius 3 is 0.829 bits per heavy atom. The van der Waals surface area contributed by atoms with Crippen LogP contribution in [0.1, 0.15) is 38.5 Å². The zero-order valence-corrected chi connectivity index (χ0v) is 28.3. The van der Waals surface area contributed by atoms with E-state index in [0.29, 0.717) is 0 Å². The van der Waals surface area contributed by atoms with Crippen LogP contribution in [0.5, 0.6) is 0 Å². The molecule has 0 spiro atoms. The van der Waals surface area contributed by atoms with Crippen LogP contribution in [0.25, 0.3) is 0 Å². The molecule has 0 unspecified atom stereocenters. The monoisotopic (exact) mass is 714 g/mol. The smallest absolute Gasteiger partial charge is 0.0281 e. The summed E-state index contributed by atoms with van der Waals surface area (Å²) in [5.41, 5.74) is 0. The van der Waals surface area contributed by atoms with Crippen LogP contribution in [-0.2, 0) is 15.9 Å². The quantitative estimate of drug-likeness (QED) is 0.146. The minimum Gasteiger partial charge on any atom is -0.275 e. The summed E-state index contributed by atoms with van der Waals surface area (Å²) in [5, 5.41) is 5.91. The molecule has 2 nitrogen and oxygen atoms in total. The van der Waals surface area contributed by atoms with Crippen molar-refractivity contribution in [3.63, 3.8) is 0 Å². The van der Waals surface area contributed by atoms with Gasteiger partial charge in [0, 0.05) is 42.3 Å². The van der Waals surface area contributed by atoms with E-state index in [-0.39, 0.29) is 32.1 Å². The molecule has 2 aliphatic rings. The van der Waals surface area contributed by atoms with Crippen LogP contribution in [0.4, 0.5) is 0 Å². The maximum Gasteiger partial charge on any atom is 0.0281 e. The standard InChI is InChI=1S/2C17H20NP.2ClH.Pd/c2*1-4-10-16(11-5-1)19(17-12-6-2-7-13-17)18-14-8-3-9-15-18;;;/h2*1-2,4-7,10-13H,3,8-9,14-15H2;2*1H;/q;;;;+2/p-2. The molecule has 0 saturated carbocycles. The average molecular weight is 716 g/mol. The van der Waals surface area contributed by atoms with Crippen molar-refractivity contribution in [2.24, 2.45) is 0 Å². The van der Waals surface area contributed by atoms with E-state index in [1.165, 1.54) is 85.9 Å². The summed E-state index contributed by atoms with van der Waals surface area (Å²) < 4.78 is 5.40. The molecule has 2 aliphatic heterocycles. The van der Waals surface area contributed by atoms with Gasteiger partial charge in [-0.2, -0.15) is 0 Å². The molecule has 0 atom stereocenters.